The highest BCUT2D eigenvalue weighted by Gasteiger charge is 2.42. The molecule has 2 nitrogen and oxygen atoms in total. The second kappa shape index (κ2) is 6.87. The Morgan fingerprint density at radius 1 is 1.56 bits per heavy atom. The van der Waals surface area contributed by atoms with E-state index in [1.54, 1.807) is 0 Å². The van der Waals surface area contributed by atoms with Crippen molar-refractivity contribution in [2.75, 3.05) is 23.9 Å². The molecule has 2 fully saturated rings. The van der Waals surface area contributed by atoms with E-state index in [1.165, 1.54) is 18.6 Å². The lowest BCUT2D eigenvalue weighted by Gasteiger charge is -2.39. The molecule has 1 N–H and O–H groups in total. The Morgan fingerprint density at radius 3 is 3.06 bits per heavy atom. The summed E-state index contributed by atoms with van der Waals surface area (Å²) in [6.07, 6.45) is 4.33. The third-order valence-corrected chi connectivity index (χ3v) is 6.93. The Hall–Kier alpha value is 0.620. The highest BCUT2D eigenvalue weighted by molar-refractivity contribution is 8.00. The first-order chi connectivity index (χ1) is 8.65. The molecule has 2 aliphatic rings. The molecule has 0 aromatic carbocycles. The van der Waals surface area contributed by atoms with Crippen LogP contribution in [0, 0.1) is 5.92 Å². The molecule has 0 radical (unpaired) electrons. The zero-order valence-electron chi connectivity index (χ0n) is 11.6. The van der Waals surface area contributed by atoms with E-state index in [0.29, 0.717) is 11.2 Å². The number of rotatable bonds is 5. The van der Waals surface area contributed by atoms with E-state index in [2.05, 4.69) is 13.8 Å². The first kappa shape index (κ1) is 15.0. The second-order valence-electron chi connectivity index (χ2n) is 5.71. The lowest BCUT2D eigenvalue weighted by molar-refractivity contribution is -0.0977. The van der Waals surface area contributed by atoms with Crippen molar-refractivity contribution in [1.29, 1.82) is 0 Å². The van der Waals surface area contributed by atoms with Crippen LogP contribution in [0.15, 0.2) is 0 Å². The third-order valence-electron chi connectivity index (χ3n) is 4.27. The molecule has 1 spiro atoms. The molecule has 0 amide bonds. The van der Waals surface area contributed by atoms with Crippen molar-refractivity contribution in [3.63, 3.8) is 0 Å². The van der Waals surface area contributed by atoms with Crippen molar-refractivity contribution >= 4 is 23.5 Å². The zero-order valence-corrected chi connectivity index (χ0v) is 13.2. The van der Waals surface area contributed by atoms with Crippen LogP contribution in [0.3, 0.4) is 0 Å². The van der Waals surface area contributed by atoms with Gasteiger partial charge >= 0.3 is 0 Å². The fourth-order valence-electron chi connectivity index (χ4n) is 2.77. The monoisotopic (exact) mass is 290 g/mol. The topological polar surface area (TPSA) is 29.5 Å². The SMILES string of the molecule is CCC(C)SCC(O)C1CCOC2(CCSC2)C1. The first-order valence-corrected chi connectivity index (χ1v) is 9.37. The van der Waals surface area contributed by atoms with E-state index in [0.717, 1.165) is 31.0 Å². The van der Waals surface area contributed by atoms with Gasteiger partial charge in [0, 0.05) is 23.4 Å². The fraction of sp³-hybridized carbons (Fsp3) is 1.00. The van der Waals surface area contributed by atoms with Crippen LogP contribution in [0.5, 0.6) is 0 Å². The van der Waals surface area contributed by atoms with E-state index >= 15 is 0 Å². The summed E-state index contributed by atoms with van der Waals surface area (Å²) in [5, 5.41) is 11.0. The number of hydrogen-bond donors (Lipinski definition) is 1. The van der Waals surface area contributed by atoms with Gasteiger partial charge in [-0.15, -0.1) is 0 Å². The number of hydrogen-bond acceptors (Lipinski definition) is 4. The van der Waals surface area contributed by atoms with Crippen LogP contribution in [-0.4, -0.2) is 45.9 Å². The molecule has 106 valence electrons. The summed E-state index contributed by atoms with van der Waals surface area (Å²) >= 11 is 3.92. The minimum atomic E-state index is -0.143. The highest BCUT2D eigenvalue weighted by Crippen LogP contribution is 2.41. The highest BCUT2D eigenvalue weighted by atomic mass is 32.2. The summed E-state index contributed by atoms with van der Waals surface area (Å²) in [6.45, 7) is 5.30. The first-order valence-electron chi connectivity index (χ1n) is 7.16. The van der Waals surface area contributed by atoms with Crippen molar-refractivity contribution in [3.8, 4) is 0 Å². The largest absolute Gasteiger partial charge is 0.392 e. The van der Waals surface area contributed by atoms with Gasteiger partial charge in [0.15, 0.2) is 0 Å². The van der Waals surface area contributed by atoms with Gasteiger partial charge in [-0.25, -0.2) is 0 Å². The Balaban J connectivity index is 1.80. The molecule has 0 aliphatic carbocycles. The quantitative estimate of drug-likeness (QED) is 0.842. The van der Waals surface area contributed by atoms with E-state index in [-0.39, 0.29) is 11.7 Å². The smallest absolute Gasteiger partial charge is 0.0783 e. The summed E-state index contributed by atoms with van der Waals surface area (Å²) in [6, 6.07) is 0. The normalized spacial score (nSPS) is 35.8. The van der Waals surface area contributed by atoms with Crippen molar-refractivity contribution in [1.82, 2.24) is 0 Å². The molecular weight excluding hydrogens is 264 g/mol. The van der Waals surface area contributed by atoms with Crippen LogP contribution in [0.4, 0.5) is 0 Å². The minimum Gasteiger partial charge on any atom is -0.392 e. The summed E-state index contributed by atoms with van der Waals surface area (Å²) in [4.78, 5) is 0. The molecule has 4 heteroatoms. The van der Waals surface area contributed by atoms with Crippen LogP contribution < -0.4 is 0 Å². The molecule has 2 aliphatic heterocycles. The van der Waals surface area contributed by atoms with Crippen LogP contribution in [0.2, 0.25) is 0 Å². The molecule has 2 rings (SSSR count). The third kappa shape index (κ3) is 3.81. The zero-order chi connectivity index (χ0) is 13.0. The second-order valence-corrected chi connectivity index (χ2v) is 8.28. The molecule has 18 heavy (non-hydrogen) atoms. The van der Waals surface area contributed by atoms with Gasteiger partial charge in [-0.3, -0.25) is 0 Å². The van der Waals surface area contributed by atoms with Crippen LogP contribution in [-0.2, 0) is 4.74 Å². The Labute approximate surface area is 120 Å². The number of aliphatic hydroxyl groups excluding tert-OH is 1. The van der Waals surface area contributed by atoms with Gasteiger partial charge in [0.2, 0.25) is 0 Å². The molecular formula is C14H26O2S2. The molecule has 0 aromatic rings. The molecule has 0 aromatic heterocycles. The van der Waals surface area contributed by atoms with Crippen LogP contribution in [0.1, 0.15) is 39.5 Å². The van der Waals surface area contributed by atoms with Gasteiger partial charge in [-0.1, -0.05) is 13.8 Å². The van der Waals surface area contributed by atoms with E-state index in [4.69, 9.17) is 4.74 Å². The van der Waals surface area contributed by atoms with Crippen LogP contribution in [0.25, 0.3) is 0 Å². The number of ether oxygens (including phenoxy) is 1. The number of aliphatic hydroxyl groups is 1. The van der Waals surface area contributed by atoms with Crippen molar-refractivity contribution in [2.24, 2.45) is 5.92 Å². The summed E-state index contributed by atoms with van der Waals surface area (Å²) in [5.41, 5.74) is 0.107. The van der Waals surface area contributed by atoms with Gasteiger partial charge in [-0.05, 0) is 37.4 Å². The molecule has 2 heterocycles. The lowest BCUT2D eigenvalue weighted by atomic mass is 9.83. The standard InChI is InChI=1S/C14H26O2S2/c1-3-11(2)18-9-13(15)12-4-6-16-14(8-12)5-7-17-10-14/h11-13,15H,3-10H2,1-2H3. The fourth-order valence-corrected chi connectivity index (χ4v) is 5.19. The Morgan fingerprint density at radius 2 is 2.39 bits per heavy atom. The van der Waals surface area contributed by atoms with Gasteiger partial charge in [0.05, 0.1) is 11.7 Å². The Kier molecular flexibility index (Phi) is 5.73. The van der Waals surface area contributed by atoms with Crippen LogP contribution >= 0.6 is 23.5 Å². The van der Waals surface area contributed by atoms with Gasteiger partial charge < -0.3 is 9.84 Å². The maximum absolute atomic E-state index is 10.4. The Bertz CT molecular complexity index is 254. The average molecular weight is 290 g/mol. The molecule has 2 saturated heterocycles. The molecule has 4 unspecified atom stereocenters. The number of thioether (sulfide) groups is 2. The van der Waals surface area contributed by atoms with E-state index < -0.39 is 0 Å². The predicted octanol–water partition coefficient (Wildman–Crippen LogP) is 3.18. The summed E-state index contributed by atoms with van der Waals surface area (Å²) < 4.78 is 6.01. The van der Waals surface area contributed by atoms with Gasteiger partial charge in [0.1, 0.15) is 0 Å². The maximum atomic E-state index is 10.4. The average Bonchev–Trinajstić information content (AvgIpc) is 2.83. The van der Waals surface area contributed by atoms with Crippen molar-refractivity contribution in [2.45, 2.75) is 56.5 Å². The molecule has 4 atom stereocenters. The summed E-state index contributed by atoms with van der Waals surface area (Å²) in [5.74, 6) is 3.70. The van der Waals surface area contributed by atoms with E-state index in [9.17, 15) is 5.11 Å². The molecule has 0 bridgehead atoms. The van der Waals surface area contributed by atoms with E-state index in [1.807, 2.05) is 23.5 Å². The lowest BCUT2D eigenvalue weighted by Crippen LogP contribution is -2.43. The molecule has 0 saturated carbocycles. The maximum Gasteiger partial charge on any atom is 0.0783 e. The van der Waals surface area contributed by atoms with Gasteiger partial charge in [0.25, 0.3) is 0 Å². The predicted molar refractivity (Wildman–Crippen MR) is 81.6 cm³/mol. The summed E-state index contributed by atoms with van der Waals surface area (Å²) in [7, 11) is 0. The van der Waals surface area contributed by atoms with Crippen molar-refractivity contribution in [3.05, 3.63) is 0 Å². The van der Waals surface area contributed by atoms with Crippen molar-refractivity contribution < 1.29 is 9.84 Å². The minimum absolute atomic E-state index is 0.107. The van der Waals surface area contributed by atoms with Gasteiger partial charge in [-0.2, -0.15) is 23.5 Å².